The summed E-state index contributed by atoms with van der Waals surface area (Å²) in [6, 6.07) is 12.5. The molecule has 0 amide bonds. The third-order valence-corrected chi connectivity index (χ3v) is 5.17. The molecule has 0 aliphatic heterocycles. The van der Waals surface area contributed by atoms with E-state index in [9.17, 15) is 0 Å². The molecule has 0 aliphatic rings. The molecule has 0 bridgehead atoms. The number of rotatable bonds is 5. The number of hydrogen-bond acceptors (Lipinski definition) is 1. The second-order valence-corrected chi connectivity index (χ2v) is 7.15. The van der Waals surface area contributed by atoms with Gasteiger partial charge in [0.15, 0.2) is 0 Å². The van der Waals surface area contributed by atoms with Crippen LogP contribution in [0.4, 0.5) is 0 Å². The zero-order valence-electron chi connectivity index (χ0n) is 13.1. The van der Waals surface area contributed by atoms with Crippen molar-refractivity contribution in [1.82, 2.24) is 4.98 Å². The summed E-state index contributed by atoms with van der Waals surface area (Å²) in [5, 5.41) is 2.06. The van der Waals surface area contributed by atoms with Crippen molar-refractivity contribution in [3.63, 3.8) is 0 Å². The highest BCUT2D eigenvalue weighted by Crippen LogP contribution is 2.35. The van der Waals surface area contributed by atoms with Crippen LogP contribution in [0.5, 0.6) is 0 Å². The molecule has 2 nitrogen and oxygen atoms in total. The maximum absolute atomic E-state index is 6.30. The van der Waals surface area contributed by atoms with Gasteiger partial charge in [0.2, 0.25) is 0 Å². The molecular weight excluding hydrogens is 372 g/mol. The lowest BCUT2D eigenvalue weighted by Crippen LogP contribution is -1.99. The fraction of sp³-hybridized carbons (Fsp3) is 0.263. The van der Waals surface area contributed by atoms with E-state index in [0.29, 0.717) is 0 Å². The van der Waals surface area contributed by atoms with Gasteiger partial charge in [-0.25, -0.2) is 0 Å². The minimum absolute atomic E-state index is 0.736. The maximum Gasteiger partial charge on any atom is 0.0506 e. The van der Waals surface area contributed by atoms with Crippen molar-refractivity contribution in [3.05, 3.63) is 57.0 Å². The molecule has 0 unspecified atom stereocenters. The number of nitrogens with two attached hydrogens (primary N) is 1. The van der Waals surface area contributed by atoms with E-state index in [1.54, 1.807) is 0 Å². The van der Waals surface area contributed by atoms with Gasteiger partial charge in [0, 0.05) is 20.6 Å². The normalized spacial score (nSPS) is 11.3. The van der Waals surface area contributed by atoms with Crippen LogP contribution in [-0.4, -0.2) is 11.5 Å². The van der Waals surface area contributed by atoms with Gasteiger partial charge in [0.05, 0.1) is 5.52 Å². The van der Waals surface area contributed by atoms with Gasteiger partial charge in [-0.1, -0.05) is 45.7 Å². The number of H-pyrrole nitrogens is 1. The number of unbranched alkanes of at least 4 members (excludes halogenated alkanes) is 1. The Kier molecular flexibility index (Phi) is 5.10. The molecule has 0 saturated carbocycles. The average molecular weight is 392 g/mol. The van der Waals surface area contributed by atoms with Crippen molar-refractivity contribution in [2.75, 3.05) is 6.54 Å². The number of aryl methyl sites for hydroxylation is 2. The van der Waals surface area contributed by atoms with E-state index in [-0.39, 0.29) is 0 Å². The van der Waals surface area contributed by atoms with Gasteiger partial charge in [-0.15, -0.1) is 0 Å². The van der Waals surface area contributed by atoms with Crippen LogP contribution in [0.2, 0.25) is 5.02 Å². The van der Waals surface area contributed by atoms with Crippen LogP contribution in [0.25, 0.3) is 22.2 Å². The number of hydrogen-bond donors (Lipinski definition) is 2. The molecule has 23 heavy (non-hydrogen) atoms. The Balaban J connectivity index is 2.18. The molecule has 120 valence electrons. The van der Waals surface area contributed by atoms with Crippen LogP contribution < -0.4 is 5.73 Å². The number of benzene rings is 2. The highest BCUT2D eigenvalue weighted by Gasteiger charge is 2.15. The van der Waals surface area contributed by atoms with Gasteiger partial charge < -0.3 is 10.7 Å². The standard InChI is InChI=1S/C19H20BrClN2/c1-12-17(21)9-8-16-15(7-2-3-10-22)19(23-18(12)16)13-5-4-6-14(20)11-13/h4-6,8-9,11,23H,2-3,7,10,22H2,1H3. The van der Waals surface area contributed by atoms with Gasteiger partial charge in [0.1, 0.15) is 0 Å². The molecule has 0 aliphatic carbocycles. The van der Waals surface area contributed by atoms with E-state index in [4.69, 9.17) is 17.3 Å². The molecule has 3 rings (SSSR count). The lowest BCUT2D eigenvalue weighted by molar-refractivity contribution is 0.748. The summed E-state index contributed by atoms with van der Waals surface area (Å²) in [4.78, 5) is 3.61. The predicted octanol–water partition coefficient (Wildman–Crippen LogP) is 5.84. The Hall–Kier alpha value is -1.29. The van der Waals surface area contributed by atoms with Crippen molar-refractivity contribution in [2.45, 2.75) is 26.2 Å². The van der Waals surface area contributed by atoms with E-state index >= 15 is 0 Å². The molecule has 0 radical (unpaired) electrons. The highest BCUT2D eigenvalue weighted by atomic mass is 79.9. The van der Waals surface area contributed by atoms with Crippen LogP contribution in [0.1, 0.15) is 24.0 Å². The van der Waals surface area contributed by atoms with Crippen LogP contribution in [-0.2, 0) is 6.42 Å². The Labute approximate surface area is 150 Å². The van der Waals surface area contributed by atoms with Crippen LogP contribution in [0.3, 0.4) is 0 Å². The lowest BCUT2D eigenvalue weighted by atomic mass is 9.99. The SMILES string of the molecule is Cc1c(Cl)ccc2c(CCCCN)c(-c3cccc(Br)c3)[nH]c12. The summed E-state index contributed by atoms with van der Waals surface area (Å²) in [5.74, 6) is 0. The van der Waals surface area contributed by atoms with Gasteiger partial charge in [-0.3, -0.25) is 0 Å². The molecule has 1 aromatic heterocycles. The summed E-state index contributed by atoms with van der Waals surface area (Å²) in [6.45, 7) is 2.80. The molecule has 0 atom stereocenters. The average Bonchev–Trinajstić information content (AvgIpc) is 2.91. The molecule has 0 fully saturated rings. The third-order valence-electron chi connectivity index (χ3n) is 4.27. The van der Waals surface area contributed by atoms with E-state index in [1.165, 1.54) is 22.2 Å². The topological polar surface area (TPSA) is 41.8 Å². The molecular formula is C19H20BrClN2. The summed E-state index contributed by atoms with van der Waals surface area (Å²) < 4.78 is 1.08. The Bertz CT molecular complexity index is 839. The number of fused-ring (bicyclic) bond motifs is 1. The minimum atomic E-state index is 0.736. The smallest absolute Gasteiger partial charge is 0.0506 e. The Morgan fingerprint density at radius 1 is 1.17 bits per heavy atom. The van der Waals surface area contributed by atoms with E-state index in [1.807, 2.05) is 12.1 Å². The lowest BCUT2D eigenvalue weighted by Gasteiger charge is -2.06. The fourth-order valence-electron chi connectivity index (χ4n) is 3.03. The first-order valence-electron chi connectivity index (χ1n) is 7.87. The van der Waals surface area contributed by atoms with Crippen molar-refractivity contribution >= 4 is 38.4 Å². The van der Waals surface area contributed by atoms with Crippen LogP contribution in [0.15, 0.2) is 40.9 Å². The second-order valence-electron chi connectivity index (χ2n) is 5.83. The molecule has 1 heterocycles. The Morgan fingerprint density at radius 2 is 2.00 bits per heavy atom. The zero-order valence-corrected chi connectivity index (χ0v) is 15.5. The van der Waals surface area contributed by atoms with Gasteiger partial charge in [-0.05, 0) is 67.6 Å². The fourth-order valence-corrected chi connectivity index (χ4v) is 3.59. The van der Waals surface area contributed by atoms with E-state index in [0.717, 1.165) is 46.4 Å². The van der Waals surface area contributed by atoms with Crippen molar-refractivity contribution in [3.8, 4) is 11.3 Å². The summed E-state index contributed by atoms with van der Waals surface area (Å²) >= 11 is 9.87. The first-order valence-corrected chi connectivity index (χ1v) is 9.04. The summed E-state index contributed by atoms with van der Waals surface area (Å²) in [5.41, 5.74) is 11.6. The molecule has 3 aromatic rings. The molecule has 0 saturated heterocycles. The Morgan fingerprint density at radius 3 is 2.74 bits per heavy atom. The van der Waals surface area contributed by atoms with Crippen molar-refractivity contribution in [1.29, 1.82) is 0 Å². The number of halogens is 2. The van der Waals surface area contributed by atoms with E-state index < -0.39 is 0 Å². The number of nitrogens with one attached hydrogen (secondary N) is 1. The molecule has 0 spiro atoms. The first kappa shape index (κ1) is 16.6. The monoisotopic (exact) mass is 390 g/mol. The first-order chi connectivity index (χ1) is 11.1. The number of aromatic amines is 1. The molecule has 2 aromatic carbocycles. The van der Waals surface area contributed by atoms with Crippen molar-refractivity contribution in [2.24, 2.45) is 5.73 Å². The molecule has 4 heteroatoms. The van der Waals surface area contributed by atoms with E-state index in [2.05, 4.69) is 52.1 Å². The molecule has 3 N–H and O–H groups in total. The summed E-state index contributed by atoms with van der Waals surface area (Å²) in [6.07, 6.45) is 3.14. The summed E-state index contributed by atoms with van der Waals surface area (Å²) in [7, 11) is 0. The van der Waals surface area contributed by atoms with Gasteiger partial charge in [0.25, 0.3) is 0 Å². The minimum Gasteiger partial charge on any atom is -0.354 e. The largest absolute Gasteiger partial charge is 0.354 e. The van der Waals surface area contributed by atoms with Crippen LogP contribution in [0, 0.1) is 6.92 Å². The third kappa shape index (κ3) is 3.32. The maximum atomic E-state index is 6.30. The quantitative estimate of drug-likeness (QED) is 0.527. The highest BCUT2D eigenvalue weighted by molar-refractivity contribution is 9.10. The van der Waals surface area contributed by atoms with Gasteiger partial charge in [-0.2, -0.15) is 0 Å². The number of aromatic nitrogens is 1. The van der Waals surface area contributed by atoms with Gasteiger partial charge >= 0.3 is 0 Å². The zero-order chi connectivity index (χ0) is 16.4. The second kappa shape index (κ2) is 7.08. The predicted molar refractivity (Wildman–Crippen MR) is 103 cm³/mol. The van der Waals surface area contributed by atoms with Crippen LogP contribution >= 0.6 is 27.5 Å². The van der Waals surface area contributed by atoms with Crippen molar-refractivity contribution < 1.29 is 0 Å².